The first-order valence-electron chi connectivity index (χ1n) is 1.71. The van der Waals surface area contributed by atoms with Crippen LogP contribution in [0.2, 0.25) is 0 Å². The van der Waals surface area contributed by atoms with Crippen molar-refractivity contribution in [1.82, 2.24) is 0 Å². The van der Waals surface area contributed by atoms with Crippen LogP contribution in [-0.2, 0) is 0 Å². The molecular formula is C4H6N2O. The minimum Gasteiger partial charge on any atom is -0.510 e. The highest BCUT2D eigenvalue weighted by Gasteiger charge is 1.98. The summed E-state index contributed by atoms with van der Waals surface area (Å²) in [5.41, 5.74) is 4.91. The standard InChI is InChI=1S/C4H6N2O/c1-3(7)4(6)2-5/h4,7H,1,6H2/t4-/m0/s1. The highest BCUT2D eigenvalue weighted by Crippen LogP contribution is 1.84. The zero-order valence-electron chi connectivity index (χ0n) is 3.76. The third-order valence-corrected chi connectivity index (χ3v) is 0.498. The molecule has 0 unspecified atom stereocenters. The van der Waals surface area contributed by atoms with E-state index in [2.05, 4.69) is 6.58 Å². The van der Waals surface area contributed by atoms with E-state index in [0.29, 0.717) is 0 Å². The van der Waals surface area contributed by atoms with Gasteiger partial charge in [-0.15, -0.1) is 0 Å². The van der Waals surface area contributed by atoms with Crippen molar-refractivity contribution in [3.05, 3.63) is 12.3 Å². The minimum absolute atomic E-state index is 0.289. The predicted molar refractivity (Wildman–Crippen MR) is 25.4 cm³/mol. The van der Waals surface area contributed by atoms with Crippen LogP contribution in [0.3, 0.4) is 0 Å². The number of aliphatic hydroxyl groups is 1. The maximum Gasteiger partial charge on any atom is 0.150 e. The van der Waals surface area contributed by atoms with Crippen LogP contribution >= 0.6 is 0 Å². The Morgan fingerprint density at radius 3 is 2.43 bits per heavy atom. The van der Waals surface area contributed by atoms with Gasteiger partial charge in [-0.2, -0.15) is 5.26 Å². The summed E-state index contributed by atoms with van der Waals surface area (Å²) in [5, 5.41) is 16.2. The fourth-order valence-electron chi connectivity index (χ4n) is 0.0745. The van der Waals surface area contributed by atoms with Crippen molar-refractivity contribution in [3.63, 3.8) is 0 Å². The third kappa shape index (κ3) is 1.79. The van der Waals surface area contributed by atoms with E-state index < -0.39 is 6.04 Å². The summed E-state index contributed by atoms with van der Waals surface area (Å²) in [4.78, 5) is 0. The molecule has 0 radical (unpaired) electrons. The van der Waals surface area contributed by atoms with E-state index in [0.717, 1.165) is 0 Å². The zero-order chi connectivity index (χ0) is 5.86. The normalized spacial score (nSPS) is 12.0. The van der Waals surface area contributed by atoms with Crippen molar-refractivity contribution in [2.24, 2.45) is 5.73 Å². The average molecular weight is 98.1 g/mol. The van der Waals surface area contributed by atoms with E-state index in [1.807, 2.05) is 0 Å². The lowest BCUT2D eigenvalue weighted by Crippen LogP contribution is -2.18. The molecule has 0 saturated heterocycles. The molecule has 38 valence electrons. The summed E-state index contributed by atoms with van der Waals surface area (Å²) in [6, 6.07) is 0.662. The van der Waals surface area contributed by atoms with Crippen LogP contribution in [0, 0.1) is 11.3 Å². The zero-order valence-corrected chi connectivity index (χ0v) is 3.76. The summed E-state index contributed by atoms with van der Waals surface area (Å²) >= 11 is 0. The monoisotopic (exact) mass is 98.0 g/mol. The summed E-state index contributed by atoms with van der Waals surface area (Å²) in [6.07, 6.45) is 0. The Labute approximate surface area is 41.7 Å². The Morgan fingerprint density at radius 2 is 2.43 bits per heavy atom. The second-order valence-corrected chi connectivity index (χ2v) is 1.10. The number of hydrogen-bond acceptors (Lipinski definition) is 3. The van der Waals surface area contributed by atoms with Crippen LogP contribution in [-0.4, -0.2) is 11.1 Å². The highest BCUT2D eigenvalue weighted by atomic mass is 16.3. The molecule has 3 heteroatoms. The van der Waals surface area contributed by atoms with Gasteiger partial charge in [0.2, 0.25) is 0 Å². The molecule has 0 aromatic carbocycles. The van der Waals surface area contributed by atoms with Gasteiger partial charge in [0.25, 0.3) is 0 Å². The molecule has 3 nitrogen and oxygen atoms in total. The van der Waals surface area contributed by atoms with Gasteiger partial charge in [0.15, 0.2) is 0 Å². The smallest absolute Gasteiger partial charge is 0.150 e. The molecule has 0 spiro atoms. The lowest BCUT2D eigenvalue weighted by molar-refractivity contribution is 0.389. The highest BCUT2D eigenvalue weighted by molar-refractivity contribution is 5.05. The Morgan fingerprint density at radius 1 is 2.00 bits per heavy atom. The molecule has 1 atom stereocenters. The summed E-state index contributed by atoms with van der Waals surface area (Å²) < 4.78 is 0. The number of nitrogens with zero attached hydrogens (tertiary/aromatic N) is 1. The van der Waals surface area contributed by atoms with Crippen LogP contribution in [0.5, 0.6) is 0 Å². The van der Waals surface area contributed by atoms with Crippen LogP contribution in [0.15, 0.2) is 12.3 Å². The number of aliphatic hydroxyl groups excluding tert-OH is 1. The molecule has 0 rings (SSSR count). The van der Waals surface area contributed by atoms with Crippen LogP contribution in [0.4, 0.5) is 0 Å². The molecule has 0 aliphatic heterocycles. The van der Waals surface area contributed by atoms with Gasteiger partial charge in [0.1, 0.15) is 11.8 Å². The van der Waals surface area contributed by atoms with Gasteiger partial charge >= 0.3 is 0 Å². The fourth-order valence-corrected chi connectivity index (χ4v) is 0.0745. The molecule has 0 aromatic heterocycles. The molecule has 0 amide bonds. The van der Waals surface area contributed by atoms with Crippen LogP contribution < -0.4 is 5.73 Å². The average Bonchev–Trinajstić information content (AvgIpc) is 1.65. The number of nitrogens with two attached hydrogens (primary N) is 1. The Balaban J connectivity index is 3.63. The summed E-state index contributed by atoms with van der Waals surface area (Å²) in [7, 11) is 0. The minimum atomic E-state index is -0.931. The summed E-state index contributed by atoms with van der Waals surface area (Å²) in [6.45, 7) is 3.03. The first kappa shape index (κ1) is 5.99. The van der Waals surface area contributed by atoms with E-state index in [4.69, 9.17) is 16.1 Å². The lowest BCUT2D eigenvalue weighted by atomic mass is 10.3. The van der Waals surface area contributed by atoms with Gasteiger partial charge in [-0.25, -0.2) is 0 Å². The van der Waals surface area contributed by atoms with Crippen molar-refractivity contribution in [1.29, 1.82) is 5.26 Å². The van der Waals surface area contributed by atoms with Crippen molar-refractivity contribution in [3.8, 4) is 6.07 Å². The van der Waals surface area contributed by atoms with Crippen molar-refractivity contribution >= 4 is 0 Å². The van der Waals surface area contributed by atoms with Crippen LogP contribution in [0.25, 0.3) is 0 Å². The fraction of sp³-hybridized carbons (Fsp3) is 0.250. The van der Waals surface area contributed by atoms with Gasteiger partial charge in [-0.3, -0.25) is 0 Å². The molecular weight excluding hydrogens is 92.1 g/mol. The van der Waals surface area contributed by atoms with Crippen molar-refractivity contribution < 1.29 is 5.11 Å². The van der Waals surface area contributed by atoms with Gasteiger partial charge in [-0.05, 0) is 0 Å². The molecule has 3 N–H and O–H groups in total. The van der Waals surface area contributed by atoms with E-state index in [-0.39, 0.29) is 5.76 Å². The number of rotatable bonds is 1. The topological polar surface area (TPSA) is 70.0 Å². The lowest BCUT2D eigenvalue weighted by Gasteiger charge is -1.93. The van der Waals surface area contributed by atoms with E-state index >= 15 is 0 Å². The molecule has 0 bridgehead atoms. The molecule has 0 saturated carbocycles. The van der Waals surface area contributed by atoms with Crippen molar-refractivity contribution in [2.75, 3.05) is 0 Å². The molecule has 7 heavy (non-hydrogen) atoms. The molecule has 0 aromatic rings. The van der Waals surface area contributed by atoms with Crippen LogP contribution in [0.1, 0.15) is 0 Å². The molecule has 0 fully saturated rings. The van der Waals surface area contributed by atoms with Gasteiger partial charge in [0.05, 0.1) is 6.07 Å². The second kappa shape index (κ2) is 2.21. The predicted octanol–water partition coefficient (Wildman–Crippen LogP) is -0.0910. The van der Waals surface area contributed by atoms with Gasteiger partial charge < -0.3 is 10.8 Å². The maximum absolute atomic E-state index is 8.28. The van der Waals surface area contributed by atoms with E-state index in [1.54, 1.807) is 6.07 Å². The quantitative estimate of drug-likeness (QED) is 0.450. The number of nitriles is 1. The maximum atomic E-state index is 8.28. The van der Waals surface area contributed by atoms with Gasteiger partial charge in [0, 0.05) is 0 Å². The second-order valence-electron chi connectivity index (χ2n) is 1.10. The first-order chi connectivity index (χ1) is 3.18. The molecule has 0 aliphatic rings. The molecule has 0 heterocycles. The van der Waals surface area contributed by atoms with E-state index in [9.17, 15) is 0 Å². The largest absolute Gasteiger partial charge is 0.510 e. The first-order valence-corrected chi connectivity index (χ1v) is 1.71. The van der Waals surface area contributed by atoms with Gasteiger partial charge in [-0.1, -0.05) is 6.58 Å². The SMILES string of the molecule is C=C(O)[C@@H](N)C#N. The van der Waals surface area contributed by atoms with E-state index in [1.165, 1.54) is 0 Å². The van der Waals surface area contributed by atoms with Crippen molar-refractivity contribution in [2.45, 2.75) is 6.04 Å². The Bertz CT molecular complexity index is 113. The Kier molecular flexibility index (Phi) is 1.89. The Hall–Kier alpha value is -1.01. The third-order valence-electron chi connectivity index (χ3n) is 0.498. The molecule has 0 aliphatic carbocycles. The number of hydrogen-bond donors (Lipinski definition) is 2. The summed E-state index contributed by atoms with van der Waals surface area (Å²) in [5.74, 6) is -0.289.